The largest absolute Gasteiger partial charge is 0.692 e. The number of hydrogen-bond acceptors (Lipinski definition) is 5. The van der Waals surface area contributed by atoms with Crippen LogP contribution in [0.3, 0.4) is 0 Å². The lowest BCUT2D eigenvalue weighted by Gasteiger charge is -2.09. The van der Waals surface area contributed by atoms with Gasteiger partial charge in [0.2, 0.25) is 0 Å². The van der Waals surface area contributed by atoms with E-state index >= 15 is 0 Å². The van der Waals surface area contributed by atoms with Crippen molar-refractivity contribution in [3.05, 3.63) is 56.5 Å². The predicted octanol–water partition coefficient (Wildman–Crippen LogP) is 5.47. The van der Waals surface area contributed by atoms with E-state index in [1.165, 1.54) is 13.8 Å². The zero-order chi connectivity index (χ0) is 21.9. The van der Waals surface area contributed by atoms with Gasteiger partial charge in [-0.15, -0.1) is 22.2 Å². The molecule has 2 rings (SSSR count). The monoisotopic (exact) mass is 529 g/mol. The van der Waals surface area contributed by atoms with Gasteiger partial charge in [-0.2, -0.15) is 0 Å². The van der Waals surface area contributed by atoms with Gasteiger partial charge in [0, 0.05) is 14.6 Å². The second-order valence-corrected chi connectivity index (χ2v) is 7.03. The summed E-state index contributed by atoms with van der Waals surface area (Å²) in [5, 5.41) is 19.6. The maximum absolute atomic E-state index is 8.89. The molecule has 2 unspecified atom stereocenters. The Morgan fingerprint density at radius 2 is 1.07 bits per heavy atom. The summed E-state index contributed by atoms with van der Waals surface area (Å²) >= 11 is 22.8. The molecule has 0 spiro atoms. The minimum atomic E-state index is -2.87. The molecule has 0 radical (unpaired) electrons. The Hall–Kier alpha value is -0.570. The highest BCUT2D eigenvalue weighted by Crippen LogP contribution is 2.28. The highest BCUT2D eigenvalue weighted by atomic mass is 35.5. The predicted molar refractivity (Wildman–Crippen MR) is 117 cm³/mol. The van der Waals surface area contributed by atoms with E-state index in [0.717, 1.165) is 0 Å². The van der Waals surface area contributed by atoms with Gasteiger partial charge in [0.15, 0.2) is 12.6 Å². The van der Waals surface area contributed by atoms with Crippen LogP contribution in [0.5, 0.6) is 11.5 Å². The van der Waals surface area contributed by atoms with Gasteiger partial charge in [-0.3, -0.25) is 0 Å². The van der Waals surface area contributed by atoms with Crippen LogP contribution in [0.15, 0.2) is 36.4 Å². The molecule has 29 heavy (non-hydrogen) atoms. The van der Waals surface area contributed by atoms with E-state index < -0.39 is 20.8 Å². The van der Waals surface area contributed by atoms with Crippen LogP contribution in [-0.4, -0.2) is 32.6 Å². The van der Waals surface area contributed by atoms with Gasteiger partial charge in [-0.25, -0.2) is 0 Å². The molecule has 0 aliphatic carbocycles. The van der Waals surface area contributed by atoms with Gasteiger partial charge >= 0.3 is 8.25 Å². The SMILES string of the molecule is CC(O)Oc1ccc(Cl)cc1Cl.CC(O)Oc1ccc(Cl)cc1Cl.Cl.O=[P+](O)O. The van der Waals surface area contributed by atoms with Crippen molar-refractivity contribution in [2.75, 3.05) is 0 Å². The molecule has 13 heteroatoms. The van der Waals surface area contributed by atoms with Crippen LogP contribution in [0.25, 0.3) is 0 Å². The van der Waals surface area contributed by atoms with E-state index in [2.05, 4.69) is 0 Å². The van der Waals surface area contributed by atoms with Crippen molar-refractivity contribution in [3.8, 4) is 11.5 Å². The van der Waals surface area contributed by atoms with E-state index in [4.69, 9.17) is 80.4 Å². The molecule has 4 N–H and O–H groups in total. The summed E-state index contributed by atoms with van der Waals surface area (Å²) in [7, 11) is -2.87. The van der Waals surface area contributed by atoms with Crippen molar-refractivity contribution in [1.29, 1.82) is 0 Å². The Morgan fingerprint density at radius 1 is 0.793 bits per heavy atom. The lowest BCUT2D eigenvalue weighted by atomic mass is 10.3. The summed E-state index contributed by atoms with van der Waals surface area (Å²) in [4.78, 5) is 14.2. The van der Waals surface area contributed by atoms with Crippen molar-refractivity contribution in [3.63, 3.8) is 0 Å². The molecule has 164 valence electrons. The van der Waals surface area contributed by atoms with Crippen LogP contribution in [-0.2, 0) is 4.57 Å². The average Bonchev–Trinajstić information content (AvgIpc) is 2.52. The molecular weight excluding hydrogens is 512 g/mol. The maximum Gasteiger partial charge on any atom is 0.692 e. The Morgan fingerprint density at radius 3 is 1.28 bits per heavy atom. The molecule has 0 amide bonds. The van der Waals surface area contributed by atoms with Crippen molar-refractivity contribution >= 4 is 67.1 Å². The number of rotatable bonds is 4. The summed E-state index contributed by atoms with van der Waals surface area (Å²) in [6, 6.07) is 9.62. The fraction of sp³-hybridized carbons (Fsp3) is 0.250. The summed E-state index contributed by atoms with van der Waals surface area (Å²) in [6.45, 7) is 3.01. The third-order valence-electron chi connectivity index (χ3n) is 2.38. The first-order chi connectivity index (χ1) is 12.9. The minimum Gasteiger partial charge on any atom is -0.464 e. The second-order valence-electron chi connectivity index (χ2n) is 4.84. The normalized spacial score (nSPS) is 11.4. The van der Waals surface area contributed by atoms with Crippen LogP contribution < -0.4 is 9.47 Å². The maximum atomic E-state index is 8.89. The Labute approximate surface area is 195 Å². The number of halogens is 5. The Kier molecular flexibility index (Phi) is 17.1. The fourth-order valence-corrected chi connectivity index (χ4v) is 2.42. The number of ether oxygens (including phenoxy) is 2. The van der Waals surface area contributed by atoms with Crippen LogP contribution in [0.1, 0.15) is 13.8 Å². The highest BCUT2D eigenvalue weighted by Gasteiger charge is 2.05. The van der Waals surface area contributed by atoms with Gasteiger partial charge in [0.05, 0.1) is 10.0 Å². The molecule has 7 nitrogen and oxygen atoms in total. The fourth-order valence-electron chi connectivity index (χ4n) is 1.51. The van der Waals surface area contributed by atoms with Crippen LogP contribution in [0.2, 0.25) is 20.1 Å². The second kappa shape index (κ2) is 16.2. The smallest absolute Gasteiger partial charge is 0.464 e. The first-order valence-corrected chi connectivity index (χ1v) is 10.0. The number of hydrogen-bond donors (Lipinski definition) is 4. The first-order valence-electron chi connectivity index (χ1n) is 7.37. The lowest BCUT2D eigenvalue weighted by molar-refractivity contribution is -0.000798. The van der Waals surface area contributed by atoms with E-state index in [0.29, 0.717) is 31.6 Å². The molecule has 2 aromatic carbocycles. The van der Waals surface area contributed by atoms with E-state index in [1.807, 2.05) is 0 Å². The van der Waals surface area contributed by atoms with Gasteiger partial charge < -0.3 is 19.7 Å². The van der Waals surface area contributed by atoms with E-state index in [-0.39, 0.29) is 12.4 Å². The molecule has 0 fully saturated rings. The minimum absolute atomic E-state index is 0. The third kappa shape index (κ3) is 15.9. The first kappa shape index (κ1) is 30.6. The molecule has 0 aliphatic heterocycles. The number of benzene rings is 2. The van der Waals surface area contributed by atoms with Crippen molar-refractivity contribution in [2.45, 2.75) is 26.4 Å². The van der Waals surface area contributed by atoms with Crippen molar-refractivity contribution < 1.29 is 34.0 Å². The molecule has 2 aromatic rings. The third-order valence-corrected chi connectivity index (χ3v) is 3.44. The summed E-state index contributed by atoms with van der Waals surface area (Å²) < 4.78 is 18.6. The average molecular weight is 532 g/mol. The van der Waals surface area contributed by atoms with Gasteiger partial charge in [0.25, 0.3) is 0 Å². The molecule has 2 atom stereocenters. The van der Waals surface area contributed by atoms with Crippen LogP contribution in [0, 0.1) is 0 Å². The molecule has 0 bridgehead atoms. The van der Waals surface area contributed by atoms with E-state index in [9.17, 15) is 0 Å². The van der Waals surface area contributed by atoms with Crippen molar-refractivity contribution in [1.82, 2.24) is 0 Å². The van der Waals surface area contributed by atoms with Crippen molar-refractivity contribution in [2.24, 2.45) is 0 Å². The summed E-state index contributed by atoms with van der Waals surface area (Å²) in [5.74, 6) is 0.854. The number of aliphatic hydroxyl groups excluding tert-OH is 2. The number of aliphatic hydroxyl groups is 2. The van der Waals surface area contributed by atoms with Gasteiger partial charge in [-0.05, 0) is 50.2 Å². The van der Waals surface area contributed by atoms with Crippen LogP contribution >= 0.6 is 67.1 Å². The van der Waals surface area contributed by atoms with Crippen LogP contribution in [0.4, 0.5) is 0 Å². The molecule has 0 saturated carbocycles. The molecule has 0 aliphatic rings. The standard InChI is InChI=1S/2C8H8Cl2O2.ClH.HO3P/c2*1-5(11)12-8-3-2-6(9)4-7(8)10;;1-4(2)3/h2*2-5,11H,1H3;1H;(H-,1,2,3)/p+1. The van der Waals surface area contributed by atoms with Gasteiger partial charge in [0.1, 0.15) is 11.5 Å². The molecular formula is C16H19Cl5O7P+. The topological polar surface area (TPSA) is 116 Å². The summed E-state index contributed by atoms with van der Waals surface area (Å²) in [6.07, 6.45) is -1.74. The molecule has 0 heterocycles. The van der Waals surface area contributed by atoms with Gasteiger partial charge in [-0.1, -0.05) is 46.4 Å². The lowest BCUT2D eigenvalue weighted by Crippen LogP contribution is -2.09. The zero-order valence-corrected chi connectivity index (χ0v) is 19.7. The highest BCUT2D eigenvalue weighted by molar-refractivity contribution is 7.30. The quantitative estimate of drug-likeness (QED) is 0.305. The molecule has 0 saturated heterocycles. The Bertz CT molecular complexity index is 701. The zero-order valence-electron chi connectivity index (χ0n) is 15.0. The molecule has 0 aromatic heterocycles. The van der Waals surface area contributed by atoms with E-state index in [1.54, 1.807) is 36.4 Å². The summed E-state index contributed by atoms with van der Waals surface area (Å²) in [5.41, 5.74) is 0. The Balaban J connectivity index is 0.